The molecule has 3 atom stereocenters. The second-order valence-corrected chi connectivity index (χ2v) is 5.65. The first-order valence-electron chi connectivity index (χ1n) is 6.93. The monoisotopic (exact) mass is 300 g/mol. The summed E-state index contributed by atoms with van der Waals surface area (Å²) in [5.41, 5.74) is 6.11. The van der Waals surface area contributed by atoms with Gasteiger partial charge >= 0.3 is 0 Å². The molecular weight excluding hydrogens is 281 g/mol. The average molecular weight is 300 g/mol. The fourth-order valence-corrected chi connectivity index (χ4v) is 2.89. The van der Waals surface area contributed by atoms with Gasteiger partial charge in [-0.2, -0.15) is 0 Å². The number of nitrogens with two attached hydrogens (primary N) is 1. The molecule has 0 bridgehead atoms. The van der Waals surface area contributed by atoms with Crippen LogP contribution in [-0.4, -0.2) is 28.8 Å². The lowest BCUT2D eigenvalue weighted by Crippen LogP contribution is -2.51. The molecule has 0 aliphatic carbocycles. The van der Waals surface area contributed by atoms with Crippen molar-refractivity contribution in [3.63, 3.8) is 0 Å². The van der Waals surface area contributed by atoms with Gasteiger partial charge in [-0.05, 0) is 37.5 Å². The molecule has 0 unspecified atom stereocenters. The van der Waals surface area contributed by atoms with E-state index in [9.17, 15) is 18.0 Å². The topological polar surface area (TPSA) is 46.3 Å². The smallest absolute Gasteiger partial charge is 0.265 e. The maximum Gasteiger partial charge on any atom is 0.265 e. The summed E-state index contributed by atoms with van der Waals surface area (Å²) in [4.78, 5) is 13.4. The zero-order chi connectivity index (χ0) is 15.8. The minimum absolute atomic E-state index is 0.170. The van der Waals surface area contributed by atoms with E-state index in [0.717, 1.165) is 11.8 Å². The molecule has 1 aliphatic rings. The van der Waals surface area contributed by atoms with Crippen molar-refractivity contribution in [3.05, 3.63) is 35.6 Å². The molecule has 1 saturated heterocycles. The van der Waals surface area contributed by atoms with Crippen LogP contribution in [0.3, 0.4) is 0 Å². The van der Waals surface area contributed by atoms with Crippen molar-refractivity contribution in [2.45, 2.75) is 50.7 Å². The van der Waals surface area contributed by atoms with E-state index >= 15 is 0 Å². The average Bonchev–Trinajstić information content (AvgIpc) is 2.82. The minimum Gasteiger partial charge on any atom is -0.325 e. The lowest BCUT2D eigenvalue weighted by molar-refractivity contribution is -0.144. The van der Waals surface area contributed by atoms with Crippen LogP contribution in [0.4, 0.5) is 13.2 Å². The second-order valence-electron chi connectivity index (χ2n) is 5.65. The third-order valence-electron chi connectivity index (χ3n) is 3.85. The number of carbonyl (C=O) groups excluding carboxylic acids is 1. The Morgan fingerprint density at radius 2 is 2.10 bits per heavy atom. The zero-order valence-electron chi connectivity index (χ0n) is 12.0. The van der Waals surface area contributed by atoms with E-state index in [1.807, 2.05) is 0 Å². The van der Waals surface area contributed by atoms with Crippen LogP contribution in [0.2, 0.25) is 0 Å². The van der Waals surface area contributed by atoms with E-state index in [4.69, 9.17) is 5.73 Å². The fourth-order valence-electron chi connectivity index (χ4n) is 2.89. The number of carbonyl (C=O) groups is 1. The summed E-state index contributed by atoms with van der Waals surface area (Å²) in [5, 5.41) is 0. The predicted molar refractivity (Wildman–Crippen MR) is 73.3 cm³/mol. The van der Waals surface area contributed by atoms with Crippen LogP contribution >= 0.6 is 0 Å². The van der Waals surface area contributed by atoms with Crippen LogP contribution < -0.4 is 5.73 Å². The highest BCUT2D eigenvalue weighted by Crippen LogP contribution is 2.42. The Hall–Kier alpha value is -1.56. The van der Waals surface area contributed by atoms with Gasteiger partial charge in [-0.3, -0.25) is 4.79 Å². The Labute approximate surface area is 121 Å². The molecule has 1 aromatic rings. The molecule has 0 aromatic heterocycles. The van der Waals surface area contributed by atoms with E-state index < -0.39 is 35.8 Å². The SMILES string of the molecule is C[C@@H](N)C(=O)N1[C@H](c2cccc(F)c2)CC[C@@H]1C(C)(F)F. The number of amides is 1. The Morgan fingerprint density at radius 3 is 2.62 bits per heavy atom. The van der Waals surface area contributed by atoms with Gasteiger partial charge in [-0.15, -0.1) is 0 Å². The molecule has 0 radical (unpaired) electrons. The van der Waals surface area contributed by atoms with Gasteiger partial charge in [0.25, 0.3) is 5.92 Å². The maximum absolute atomic E-state index is 13.8. The van der Waals surface area contributed by atoms with Crippen LogP contribution in [0, 0.1) is 5.82 Å². The van der Waals surface area contributed by atoms with Gasteiger partial charge in [0.2, 0.25) is 5.91 Å². The Balaban J connectivity index is 2.39. The van der Waals surface area contributed by atoms with E-state index in [1.165, 1.54) is 25.1 Å². The summed E-state index contributed by atoms with van der Waals surface area (Å²) in [6.45, 7) is 2.27. The largest absolute Gasteiger partial charge is 0.325 e. The standard InChI is InChI=1S/C15H19F3N2O/c1-9(19)14(21)20-12(6-7-13(20)15(2,17)18)10-4-3-5-11(16)8-10/h3-5,8-9,12-13H,6-7,19H2,1-2H3/t9-,12+,13-/m1/s1. The zero-order valence-corrected chi connectivity index (χ0v) is 12.0. The molecule has 2 rings (SSSR count). The van der Waals surface area contributed by atoms with Crippen LogP contribution in [0.5, 0.6) is 0 Å². The van der Waals surface area contributed by atoms with E-state index in [1.54, 1.807) is 6.07 Å². The summed E-state index contributed by atoms with van der Waals surface area (Å²) in [5.74, 6) is -4.01. The summed E-state index contributed by atoms with van der Waals surface area (Å²) in [6.07, 6.45) is 0.541. The van der Waals surface area contributed by atoms with Crippen LogP contribution in [0.15, 0.2) is 24.3 Å². The van der Waals surface area contributed by atoms with E-state index in [0.29, 0.717) is 12.0 Å². The number of likely N-dealkylation sites (tertiary alicyclic amines) is 1. The van der Waals surface area contributed by atoms with Crippen molar-refractivity contribution < 1.29 is 18.0 Å². The van der Waals surface area contributed by atoms with Crippen molar-refractivity contribution in [1.29, 1.82) is 0 Å². The molecule has 116 valence electrons. The molecule has 1 aromatic carbocycles. The number of hydrogen-bond acceptors (Lipinski definition) is 2. The minimum atomic E-state index is -3.02. The quantitative estimate of drug-likeness (QED) is 0.933. The lowest BCUT2D eigenvalue weighted by Gasteiger charge is -2.34. The van der Waals surface area contributed by atoms with Crippen molar-refractivity contribution in [1.82, 2.24) is 4.90 Å². The first kappa shape index (κ1) is 15.8. The number of alkyl halides is 2. The van der Waals surface area contributed by atoms with Gasteiger partial charge < -0.3 is 10.6 Å². The number of halogens is 3. The summed E-state index contributed by atoms with van der Waals surface area (Å²) in [7, 11) is 0. The first-order chi connectivity index (χ1) is 9.71. The molecule has 2 N–H and O–H groups in total. The highest BCUT2D eigenvalue weighted by molar-refractivity contribution is 5.82. The molecule has 1 aliphatic heterocycles. The number of rotatable bonds is 3. The normalized spacial score (nSPS) is 24.2. The Morgan fingerprint density at radius 1 is 1.43 bits per heavy atom. The van der Waals surface area contributed by atoms with Crippen molar-refractivity contribution in [3.8, 4) is 0 Å². The molecule has 21 heavy (non-hydrogen) atoms. The number of benzene rings is 1. The van der Waals surface area contributed by atoms with Crippen molar-refractivity contribution >= 4 is 5.91 Å². The van der Waals surface area contributed by atoms with Crippen molar-refractivity contribution in [2.24, 2.45) is 5.73 Å². The molecule has 3 nitrogen and oxygen atoms in total. The summed E-state index contributed by atoms with van der Waals surface area (Å²) in [6, 6.07) is 3.08. The molecule has 6 heteroatoms. The predicted octanol–water partition coefficient (Wildman–Crippen LogP) is 2.86. The molecule has 1 amide bonds. The highest BCUT2D eigenvalue weighted by Gasteiger charge is 2.48. The summed E-state index contributed by atoms with van der Waals surface area (Å²) >= 11 is 0. The Bertz CT molecular complexity index is 528. The van der Waals surface area contributed by atoms with Gasteiger partial charge in [-0.25, -0.2) is 13.2 Å². The first-order valence-corrected chi connectivity index (χ1v) is 6.93. The third kappa shape index (κ3) is 3.20. The maximum atomic E-state index is 13.8. The van der Waals surface area contributed by atoms with Crippen LogP contribution in [0.25, 0.3) is 0 Å². The van der Waals surface area contributed by atoms with Gasteiger partial charge in [0.05, 0.1) is 18.1 Å². The highest BCUT2D eigenvalue weighted by atomic mass is 19.3. The second kappa shape index (κ2) is 5.67. The van der Waals surface area contributed by atoms with Crippen LogP contribution in [0.1, 0.15) is 38.3 Å². The molecule has 1 fully saturated rings. The molecule has 0 spiro atoms. The molecule has 1 heterocycles. The van der Waals surface area contributed by atoms with Crippen LogP contribution in [-0.2, 0) is 4.79 Å². The number of hydrogen-bond donors (Lipinski definition) is 1. The van der Waals surface area contributed by atoms with Gasteiger partial charge in [-0.1, -0.05) is 12.1 Å². The molecular formula is C15H19F3N2O. The third-order valence-corrected chi connectivity index (χ3v) is 3.85. The van der Waals surface area contributed by atoms with Gasteiger partial charge in [0.15, 0.2) is 0 Å². The fraction of sp³-hybridized carbons (Fsp3) is 0.533. The van der Waals surface area contributed by atoms with Gasteiger partial charge in [0, 0.05) is 6.92 Å². The summed E-state index contributed by atoms with van der Waals surface area (Å²) < 4.78 is 40.9. The van der Waals surface area contributed by atoms with Gasteiger partial charge in [0.1, 0.15) is 5.82 Å². The number of nitrogens with zero attached hydrogens (tertiary/aromatic N) is 1. The van der Waals surface area contributed by atoms with E-state index in [-0.39, 0.29) is 6.42 Å². The van der Waals surface area contributed by atoms with E-state index in [2.05, 4.69) is 0 Å². The molecule has 0 saturated carbocycles. The van der Waals surface area contributed by atoms with Crippen molar-refractivity contribution in [2.75, 3.05) is 0 Å². The Kier molecular flexibility index (Phi) is 4.27. The lowest BCUT2D eigenvalue weighted by atomic mass is 10.0.